The lowest BCUT2D eigenvalue weighted by atomic mass is 9.47. The first kappa shape index (κ1) is 22.2. The van der Waals surface area contributed by atoms with Crippen LogP contribution in [0.5, 0.6) is 0 Å². The number of allylic oxidation sites excluding steroid dienone is 3. The zero-order chi connectivity index (χ0) is 20.2. The molecule has 154 valence electrons. The third kappa shape index (κ3) is 5.48. The molecule has 0 aromatic rings. The quantitative estimate of drug-likeness (QED) is 0.346. The molecular formula is C25H42O2. The molecule has 0 aromatic heterocycles. The van der Waals surface area contributed by atoms with Crippen LogP contribution in [0.15, 0.2) is 23.8 Å². The molecule has 0 saturated heterocycles. The summed E-state index contributed by atoms with van der Waals surface area (Å²) in [5.74, 6) is 1.32. The molecule has 2 aliphatic rings. The highest BCUT2D eigenvalue weighted by Crippen LogP contribution is 2.61. The molecule has 0 heterocycles. The third-order valence-corrected chi connectivity index (χ3v) is 7.58. The van der Waals surface area contributed by atoms with Crippen LogP contribution in [0.1, 0.15) is 99.3 Å². The van der Waals surface area contributed by atoms with E-state index in [1.54, 1.807) is 0 Å². The number of hydrogen-bond acceptors (Lipinski definition) is 2. The zero-order valence-corrected chi connectivity index (χ0v) is 18.7. The van der Waals surface area contributed by atoms with Crippen LogP contribution in [0.4, 0.5) is 0 Å². The standard InChI is InChI=1S/C25H42O2/c1-18(10-8-11-20(3)27-21(4)26)12-14-22-19(2)13-15-23-24(5,6)16-9-17-25(22,23)7/h10,20,22-23H,2,8-9,11-17H2,1,3-7H3/b18-10+/t20-,22+,23-,25+/m1/s1. The van der Waals surface area contributed by atoms with Crippen LogP contribution in [-0.2, 0) is 9.53 Å². The summed E-state index contributed by atoms with van der Waals surface area (Å²) in [5.41, 5.74) is 3.88. The van der Waals surface area contributed by atoms with Gasteiger partial charge in [0, 0.05) is 6.92 Å². The van der Waals surface area contributed by atoms with Crippen LogP contribution in [0.3, 0.4) is 0 Å². The average Bonchev–Trinajstić information content (AvgIpc) is 2.52. The van der Waals surface area contributed by atoms with Gasteiger partial charge in [-0.1, -0.05) is 51.0 Å². The first-order valence-corrected chi connectivity index (χ1v) is 11.1. The van der Waals surface area contributed by atoms with Crippen molar-refractivity contribution in [3.63, 3.8) is 0 Å². The summed E-state index contributed by atoms with van der Waals surface area (Å²) in [5, 5.41) is 0. The Labute approximate surface area is 167 Å². The maximum atomic E-state index is 11.0. The van der Waals surface area contributed by atoms with Crippen molar-refractivity contribution in [1.82, 2.24) is 0 Å². The van der Waals surface area contributed by atoms with Gasteiger partial charge in [-0.3, -0.25) is 4.79 Å². The van der Waals surface area contributed by atoms with E-state index < -0.39 is 0 Å². The fraction of sp³-hybridized carbons (Fsp3) is 0.800. The van der Waals surface area contributed by atoms with Gasteiger partial charge in [0.25, 0.3) is 0 Å². The maximum absolute atomic E-state index is 11.0. The van der Waals surface area contributed by atoms with E-state index in [1.165, 1.54) is 56.6 Å². The van der Waals surface area contributed by atoms with E-state index in [1.807, 2.05) is 6.92 Å². The summed E-state index contributed by atoms with van der Waals surface area (Å²) in [6, 6.07) is 0. The molecule has 0 spiro atoms. The van der Waals surface area contributed by atoms with Gasteiger partial charge in [0.1, 0.15) is 0 Å². The van der Waals surface area contributed by atoms with Gasteiger partial charge in [-0.05, 0) is 87.9 Å². The summed E-state index contributed by atoms with van der Waals surface area (Å²) in [6.07, 6.45) is 13.3. The maximum Gasteiger partial charge on any atom is 0.302 e. The summed E-state index contributed by atoms with van der Waals surface area (Å²) in [4.78, 5) is 11.0. The molecule has 0 bridgehead atoms. The van der Waals surface area contributed by atoms with Gasteiger partial charge in [-0.25, -0.2) is 0 Å². The summed E-state index contributed by atoms with van der Waals surface area (Å²) < 4.78 is 5.21. The van der Waals surface area contributed by atoms with Crippen LogP contribution >= 0.6 is 0 Å². The Bertz CT molecular complexity index is 571. The van der Waals surface area contributed by atoms with Crippen molar-refractivity contribution in [3.05, 3.63) is 23.8 Å². The Morgan fingerprint density at radius 3 is 2.67 bits per heavy atom. The highest BCUT2D eigenvalue weighted by atomic mass is 16.5. The van der Waals surface area contributed by atoms with Crippen LogP contribution < -0.4 is 0 Å². The highest BCUT2D eigenvalue weighted by Gasteiger charge is 2.52. The molecule has 2 saturated carbocycles. The largest absolute Gasteiger partial charge is 0.463 e. The lowest BCUT2D eigenvalue weighted by molar-refractivity contribution is -0.145. The average molecular weight is 375 g/mol. The molecule has 2 aliphatic carbocycles. The minimum Gasteiger partial charge on any atom is -0.463 e. The molecule has 0 aliphatic heterocycles. The Morgan fingerprint density at radius 2 is 2.00 bits per heavy atom. The molecule has 4 atom stereocenters. The van der Waals surface area contributed by atoms with Crippen LogP contribution in [-0.4, -0.2) is 12.1 Å². The number of carbonyl (C=O) groups is 1. The first-order chi connectivity index (χ1) is 12.6. The van der Waals surface area contributed by atoms with Crippen molar-refractivity contribution < 1.29 is 9.53 Å². The molecule has 0 amide bonds. The molecule has 2 heteroatoms. The van der Waals surface area contributed by atoms with E-state index in [4.69, 9.17) is 4.74 Å². The fourth-order valence-corrected chi connectivity index (χ4v) is 6.19. The Hall–Kier alpha value is -1.05. The van der Waals surface area contributed by atoms with Gasteiger partial charge < -0.3 is 4.74 Å². The Kier molecular flexibility index (Phi) is 7.39. The molecule has 0 unspecified atom stereocenters. The number of ether oxygens (including phenoxy) is 1. The van der Waals surface area contributed by atoms with Crippen molar-refractivity contribution in [1.29, 1.82) is 0 Å². The topological polar surface area (TPSA) is 26.3 Å². The second kappa shape index (κ2) is 8.97. The monoisotopic (exact) mass is 374 g/mol. The van der Waals surface area contributed by atoms with Crippen molar-refractivity contribution in [2.24, 2.45) is 22.7 Å². The molecule has 0 radical (unpaired) electrons. The van der Waals surface area contributed by atoms with Crippen molar-refractivity contribution >= 4 is 5.97 Å². The van der Waals surface area contributed by atoms with E-state index in [2.05, 4.69) is 40.3 Å². The van der Waals surface area contributed by atoms with E-state index in [-0.39, 0.29) is 12.1 Å². The molecule has 2 nitrogen and oxygen atoms in total. The molecule has 27 heavy (non-hydrogen) atoms. The van der Waals surface area contributed by atoms with Gasteiger partial charge in [0.15, 0.2) is 0 Å². The number of hydrogen-bond donors (Lipinski definition) is 0. The van der Waals surface area contributed by atoms with Crippen molar-refractivity contribution in [2.75, 3.05) is 0 Å². The molecule has 2 rings (SSSR count). The second-order valence-corrected chi connectivity index (χ2v) is 10.2. The van der Waals surface area contributed by atoms with Crippen LogP contribution in [0.25, 0.3) is 0 Å². The van der Waals surface area contributed by atoms with Gasteiger partial charge in [-0.2, -0.15) is 0 Å². The number of fused-ring (bicyclic) bond motifs is 1. The zero-order valence-electron chi connectivity index (χ0n) is 18.7. The van der Waals surface area contributed by atoms with Gasteiger partial charge in [-0.15, -0.1) is 0 Å². The Morgan fingerprint density at radius 1 is 1.30 bits per heavy atom. The summed E-state index contributed by atoms with van der Waals surface area (Å²) in [6.45, 7) is 17.8. The first-order valence-electron chi connectivity index (χ1n) is 11.1. The number of rotatable bonds is 7. The number of esters is 1. The van der Waals surface area contributed by atoms with Gasteiger partial charge >= 0.3 is 5.97 Å². The van der Waals surface area contributed by atoms with Gasteiger partial charge in [0.2, 0.25) is 0 Å². The van der Waals surface area contributed by atoms with Gasteiger partial charge in [0.05, 0.1) is 6.10 Å². The van der Waals surface area contributed by atoms with E-state index in [0.29, 0.717) is 16.7 Å². The highest BCUT2D eigenvalue weighted by molar-refractivity contribution is 5.66. The molecule has 2 fully saturated rings. The lowest BCUT2D eigenvalue weighted by Crippen LogP contribution is -2.49. The lowest BCUT2D eigenvalue weighted by Gasteiger charge is -2.58. The van der Waals surface area contributed by atoms with Crippen molar-refractivity contribution in [3.8, 4) is 0 Å². The predicted molar refractivity (Wildman–Crippen MR) is 115 cm³/mol. The fourth-order valence-electron chi connectivity index (χ4n) is 6.19. The minimum atomic E-state index is -0.183. The molecule has 0 aromatic carbocycles. The summed E-state index contributed by atoms with van der Waals surface area (Å²) >= 11 is 0. The van der Waals surface area contributed by atoms with E-state index in [9.17, 15) is 4.79 Å². The van der Waals surface area contributed by atoms with Crippen LogP contribution in [0.2, 0.25) is 0 Å². The second-order valence-electron chi connectivity index (χ2n) is 10.2. The smallest absolute Gasteiger partial charge is 0.302 e. The van der Waals surface area contributed by atoms with E-state index >= 15 is 0 Å². The number of carbonyl (C=O) groups excluding carboxylic acids is 1. The SMILES string of the molecule is C=C1CC[C@@H]2C(C)(C)CCC[C@@]2(C)[C@H]1CC/C(C)=C/CC[C@@H](C)OC(C)=O. The molecular weight excluding hydrogens is 332 g/mol. The normalized spacial score (nSPS) is 31.9. The molecule has 0 N–H and O–H groups in total. The predicted octanol–water partition coefficient (Wildman–Crippen LogP) is 7.24. The minimum absolute atomic E-state index is 0.00816. The van der Waals surface area contributed by atoms with Crippen LogP contribution in [0, 0.1) is 22.7 Å². The summed E-state index contributed by atoms with van der Waals surface area (Å²) in [7, 11) is 0. The van der Waals surface area contributed by atoms with E-state index in [0.717, 1.165) is 25.2 Å². The third-order valence-electron chi connectivity index (χ3n) is 7.58. The van der Waals surface area contributed by atoms with Crippen molar-refractivity contribution in [2.45, 2.75) is 105 Å². The Balaban J connectivity index is 1.93.